The van der Waals surface area contributed by atoms with Gasteiger partial charge in [0.1, 0.15) is 12.1 Å². The summed E-state index contributed by atoms with van der Waals surface area (Å²) in [5, 5.41) is 8.48. The Hall–Kier alpha value is -0.650. The van der Waals surface area contributed by atoms with E-state index >= 15 is 0 Å². The summed E-state index contributed by atoms with van der Waals surface area (Å²) < 4.78 is 9.71. The third kappa shape index (κ3) is 2.44. The molecule has 0 bridgehead atoms. The molecule has 5 nitrogen and oxygen atoms in total. The largest absolute Gasteiger partial charge is 0.456 e. The van der Waals surface area contributed by atoms with Crippen molar-refractivity contribution in [1.82, 2.24) is 0 Å². The van der Waals surface area contributed by atoms with Crippen LogP contribution in [-0.2, 0) is 14.3 Å². The van der Waals surface area contributed by atoms with Crippen LogP contribution >= 0.6 is 0 Å². The molecule has 0 aliphatic carbocycles. The molecule has 0 aromatic rings. The molecule has 1 heterocycles. The topological polar surface area (TPSA) is 81.8 Å². The molecular weight excluding hydrogens is 162 g/mol. The summed E-state index contributed by atoms with van der Waals surface area (Å²) >= 11 is 0. The first-order chi connectivity index (χ1) is 5.74. The lowest BCUT2D eigenvalue weighted by Gasteiger charge is -2.26. The minimum Gasteiger partial charge on any atom is -0.456 e. The molecule has 0 spiro atoms. The van der Waals surface area contributed by atoms with Crippen LogP contribution in [0.5, 0.6) is 0 Å². The van der Waals surface area contributed by atoms with Crippen LogP contribution in [0.3, 0.4) is 0 Å². The van der Waals surface area contributed by atoms with Gasteiger partial charge in [-0.25, -0.2) is 0 Å². The second kappa shape index (κ2) is 4.39. The van der Waals surface area contributed by atoms with Crippen LogP contribution in [0, 0.1) is 0 Å². The number of aliphatic hydroxyl groups excluding tert-OH is 1. The molecule has 0 amide bonds. The number of carbonyl (C=O) groups is 1. The van der Waals surface area contributed by atoms with Gasteiger partial charge >= 0.3 is 5.97 Å². The summed E-state index contributed by atoms with van der Waals surface area (Å²) in [5.41, 5.74) is 5.38. The van der Waals surface area contributed by atoms with Gasteiger partial charge in [0.25, 0.3) is 0 Å². The zero-order valence-electron chi connectivity index (χ0n) is 6.73. The Morgan fingerprint density at radius 3 is 2.83 bits per heavy atom. The highest BCUT2D eigenvalue weighted by atomic mass is 16.6. The predicted octanol–water partition coefficient (Wildman–Crippen LogP) is -1.36. The first kappa shape index (κ1) is 9.44. The van der Waals surface area contributed by atoms with Gasteiger partial charge in [0.2, 0.25) is 0 Å². The van der Waals surface area contributed by atoms with Gasteiger partial charge < -0.3 is 20.3 Å². The van der Waals surface area contributed by atoms with Crippen LogP contribution < -0.4 is 5.73 Å². The van der Waals surface area contributed by atoms with Crippen molar-refractivity contribution in [2.75, 3.05) is 19.8 Å². The van der Waals surface area contributed by atoms with Crippen molar-refractivity contribution in [2.24, 2.45) is 5.73 Å². The Morgan fingerprint density at radius 2 is 2.42 bits per heavy atom. The van der Waals surface area contributed by atoms with E-state index in [0.29, 0.717) is 13.2 Å². The van der Waals surface area contributed by atoms with Crippen LogP contribution in [0.4, 0.5) is 0 Å². The minimum absolute atomic E-state index is 0.0998. The van der Waals surface area contributed by atoms with Gasteiger partial charge in [-0.15, -0.1) is 0 Å². The second-order valence-corrected chi connectivity index (χ2v) is 2.72. The summed E-state index contributed by atoms with van der Waals surface area (Å²) in [4.78, 5) is 11.0. The predicted molar refractivity (Wildman–Crippen MR) is 40.4 cm³/mol. The SMILES string of the molecule is NC(CCO)C(=O)OC1COC1. The number of rotatable bonds is 4. The lowest BCUT2D eigenvalue weighted by molar-refractivity contribution is -0.173. The van der Waals surface area contributed by atoms with Crippen molar-refractivity contribution >= 4 is 5.97 Å². The highest BCUT2D eigenvalue weighted by Crippen LogP contribution is 2.06. The van der Waals surface area contributed by atoms with Gasteiger partial charge in [-0.3, -0.25) is 4.79 Å². The van der Waals surface area contributed by atoms with Crippen molar-refractivity contribution in [3.05, 3.63) is 0 Å². The van der Waals surface area contributed by atoms with E-state index in [1.54, 1.807) is 0 Å². The normalized spacial score (nSPS) is 19.8. The fourth-order valence-electron chi connectivity index (χ4n) is 0.791. The molecule has 0 saturated carbocycles. The molecule has 1 aliphatic rings. The lowest BCUT2D eigenvalue weighted by atomic mass is 10.2. The molecule has 1 atom stereocenters. The number of aliphatic hydroxyl groups is 1. The second-order valence-electron chi connectivity index (χ2n) is 2.72. The summed E-state index contributed by atoms with van der Waals surface area (Å²) in [7, 11) is 0. The van der Waals surface area contributed by atoms with E-state index in [-0.39, 0.29) is 19.1 Å². The zero-order chi connectivity index (χ0) is 8.97. The quantitative estimate of drug-likeness (QED) is 0.515. The smallest absolute Gasteiger partial charge is 0.323 e. The van der Waals surface area contributed by atoms with E-state index < -0.39 is 12.0 Å². The van der Waals surface area contributed by atoms with E-state index in [1.165, 1.54) is 0 Å². The molecule has 12 heavy (non-hydrogen) atoms. The van der Waals surface area contributed by atoms with Crippen LogP contribution in [0.25, 0.3) is 0 Å². The van der Waals surface area contributed by atoms with E-state index in [1.807, 2.05) is 0 Å². The number of esters is 1. The Morgan fingerprint density at radius 1 is 1.75 bits per heavy atom. The molecule has 1 aliphatic heterocycles. The van der Waals surface area contributed by atoms with Crippen molar-refractivity contribution in [2.45, 2.75) is 18.6 Å². The number of hydrogen-bond donors (Lipinski definition) is 2. The summed E-state index contributed by atoms with van der Waals surface area (Å²) in [5.74, 6) is -0.461. The standard InChI is InChI=1S/C7H13NO4/c8-6(1-2-9)7(10)12-5-3-11-4-5/h5-6,9H,1-4,8H2. The monoisotopic (exact) mass is 175 g/mol. The van der Waals surface area contributed by atoms with E-state index in [0.717, 1.165) is 0 Å². The van der Waals surface area contributed by atoms with Gasteiger partial charge in [-0.2, -0.15) is 0 Å². The fourth-order valence-corrected chi connectivity index (χ4v) is 0.791. The average Bonchev–Trinajstić information content (AvgIpc) is 1.97. The highest BCUT2D eigenvalue weighted by Gasteiger charge is 2.25. The maximum Gasteiger partial charge on any atom is 0.323 e. The first-order valence-electron chi connectivity index (χ1n) is 3.88. The summed E-state index contributed by atoms with van der Waals surface area (Å²) in [6, 6.07) is -0.712. The van der Waals surface area contributed by atoms with Gasteiger partial charge in [0, 0.05) is 6.61 Å². The number of hydrogen-bond acceptors (Lipinski definition) is 5. The zero-order valence-corrected chi connectivity index (χ0v) is 6.73. The maximum atomic E-state index is 11.0. The van der Waals surface area contributed by atoms with E-state index in [4.69, 9.17) is 20.3 Å². The van der Waals surface area contributed by atoms with Gasteiger partial charge in [0.15, 0.2) is 0 Å². The Labute approximate surface area is 70.4 Å². The molecule has 1 saturated heterocycles. The Kier molecular flexibility index (Phi) is 3.46. The van der Waals surface area contributed by atoms with E-state index in [9.17, 15) is 4.79 Å². The number of carbonyl (C=O) groups excluding carboxylic acids is 1. The summed E-state index contributed by atoms with van der Waals surface area (Å²) in [6.45, 7) is 0.812. The summed E-state index contributed by atoms with van der Waals surface area (Å²) in [6.07, 6.45) is 0.106. The van der Waals surface area contributed by atoms with Gasteiger partial charge in [-0.1, -0.05) is 0 Å². The van der Waals surface area contributed by atoms with Crippen LogP contribution in [0.2, 0.25) is 0 Å². The molecule has 3 N–H and O–H groups in total. The number of nitrogens with two attached hydrogens (primary N) is 1. The van der Waals surface area contributed by atoms with Gasteiger partial charge in [0.05, 0.1) is 13.2 Å². The fraction of sp³-hybridized carbons (Fsp3) is 0.857. The minimum atomic E-state index is -0.712. The molecule has 1 unspecified atom stereocenters. The Balaban J connectivity index is 2.16. The van der Waals surface area contributed by atoms with Gasteiger partial charge in [-0.05, 0) is 6.42 Å². The van der Waals surface area contributed by atoms with Crippen LogP contribution in [0.15, 0.2) is 0 Å². The molecule has 1 rings (SSSR count). The third-order valence-corrected chi connectivity index (χ3v) is 1.63. The molecule has 70 valence electrons. The lowest BCUT2D eigenvalue weighted by Crippen LogP contribution is -2.43. The maximum absolute atomic E-state index is 11.0. The van der Waals surface area contributed by atoms with Crippen molar-refractivity contribution in [3.8, 4) is 0 Å². The molecule has 0 radical (unpaired) electrons. The highest BCUT2D eigenvalue weighted by molar-refractivity contribution is 5.75. The molecular formula is C7H13NO4. The van der Waals surface area contributed by atoms with Crippen molar-refractivity contribution in [3.63, 3.8) is 0 Å². The average molecular weight is 175 g/mol. The van der Waals surface area contributed by atoms with Crippen molar-refractivity contribution < 1.29 is 19.4 Å². The Bertz CT molecular complexity index is 157. The van der Waals surface area contributed by atoms with Crippen LogP contribution in [0.1, 0.15) is 6.42 Å². The van der Waals surface area contributed by atoms with Crippen LogP contribution in [-0.4, -0.2) is 43.0 Å². The first-order valence-corrected chi connectivity index (χ1v) is 3.88. The van der Waals surface area contributed by atoms with Crippen molar-refractivity contribution in [1.29, 1.82) is 0 Å². The number of ether oxygens (including phenoxy) is 2. The molecule has 5 heteroatoms. The molecule has 1 fully saturated rings. The molecule has 0 aromatic heterocycles. The molecule has 0 aromatic carbocycles. The van der Waals surface area contributed by atoms with E-state index in [2.05, 4.69) is 0 Å². The third-order valence-electron chi connectivity index (χ3n) is 1.63.